The van der Waals surface area contributed by atoms with Crippen LogP contribution in [0.2, 0.25) is 0 Å². The maximum Gasteiger partial charge on any atom is 0.172 e. The Bertz CT molecular complexity index is 782. The number of hydrazine groups is 1. The van der Waals surface area contributed by atoms with Gasteiger partial charge in [0.1, 0.15) is 17.2 Å². The molecule has 21 heavy (non-hydrogen) atoms. The Morgan fingerprint density at radius 2 is 2.19 bits per heavy atom. The van der Waals surface area contributed by atoms with E-state index in [2.05, 4.69) is 44.4 Å². The number of imidazole rings is 1. The highest BCUT2D eigenvalue weighted by atomic mass is 32.2. The van der Waals surface area contributed by atoms with Gasteiger partial charge in [-0.1, -0.05) is 13.0 Å². The lowest BCUT2D eigenvalue weighted by Crippen LogP contribution is -2.12. The lowest BCUT2D eigenvalue weighted by Gasteiger charge is -2.08. The van der Waals surface area contributed by atoms with Crippen LogP contribution < -0.4 is 11.3 Å². The number of aromatic amines is 1. The summed E-state index contributed by atoms with van der Waals surface area (Å²) in [6, 6.07) is 6.15. The molecule has 2 aromatic heterocycles. The van der Waals surface area contributed by atoms with E-state index in [1.54, 1.807) is 0 Å². The van der Waals surface area contributed by atoms with Gasteiger partial charge in [-0.15, -0.1) is 0 Å². The highest BCUT2D eigenvalue weighted by molar-refractivity contribution is 7.99. The van der Waals surface area contributed by atoms with Crippen molar-refractivity contribution in [2.24, 2.45) is 5.84 Å². The first kappa shape index (κ1) is 13.8. The molecule has 0 atom stereocenters. The smallest absolute Gasteiger partial charge is 0.172 e. The van der Waals surface area contributed by atoms with Gasteiger partial charge in [0.25, 0.3) is 0 Å². The lowest BCUT2D eigenvalue weighted by molar-refractivity contribution is 0.934. The number of hydrogen-bond donors (Lipinski definition) is 3. The molecule has 3 aromatic rings. The minimum atomic E-state index is 0.655. The number of fused-ring (bicyclic) bond motifs is 1. The fraction of sp³-hybridized carbons (Fsp3) is 0.214. The second-order valence-corrected chi connectivity index (χ2v) is 5.65. The molecule has 0 saturated carbocycles. The molecule has 3 rings (SSSR count). The Kier molecular flexibility index (Phi) is 3.76. The van der Waals surface area contributed by atoms with Crippen LogP contribution in [-0.4, -0.2) is 19.9 Å². The van der Waals surface area contributed by atoms with Gasteiger partial charge >= 0.3 is 0 Å². The molecule has 0 unspecified atom stereocenters. The average Bonchev–Trinajstić information content (AvgIpc) is 2.88. The molecule has 0 saturated heterocycles. The second-order valence-electron chi connectivity index (χ2n) is 4.67. The highest BCUT2D eigenvalue weighted by Crippen LogP contribution is 2.30. The minimum Gasteiger partial charge on any atom is -0.333 e. The third kappa shape index (κ3) is 2.70. The first-order valence-electron chi connectivity index (χ1n) is 6.66. The summed E-state index contributed by atoms with van der Waals surface area (Å²) in [5, 5.41) is 1.67. The summed E-state index contributed by atoms with van der Waals surface area (Å²) in [6.07, 6.45) is 2.30. The number of hydrogen-bond acceptors (Lipinski definition) is 6. The van der Waals surface area contributed by atoms with Crippen LogP contribution in [0.5, 0.6) is 0 Å². The molecule has 4 N–H and O–H groups in total. The summed E-state index contributed by atoms with van der Waals surface area (Å²) in [5.74, 6) is 6.15. The number of nitrogens with one attached hydrogen (secondary N) is 2. The first-order valence-corrected chi connectivity index (χ1v) is 7.47. The molecule has 0 aliphatic rings. The van der Waals surface area contributed by atoms with Crippen molar-refractivity contribution in [3.05, 3.63) is 35.7 Å². The Labute approximate surface area is 126 Å². The van der Waals surface area contributed by atoms with Crippen LogP contribution in [0.4, 0.5) is 5.82 Å². The number of aromatic nitrogens is 4. The predicted molar refractivity (Wildman–Crippen MR) is 84.2 cm³/mol. The molecule has 7 heteroatoms. The van der Waals surface area contributed by atoms with Crippen LogP contribution in [0.3, 0.4) is 0 Å². The van der Waals surface area contributed by atoms with Crippen molar-refractivity contribution < 1.29 is 0 Å². The highest BCUT2D eigenvalue weighted by Gasteiger charge is 2.12. The van der Waals surface area contributed by atoms with Gasteiger partial charge < -0.3 is 10.4 Å². The number of nitrogen functional groups attached to an aromatic ring is 1. The molecular formula is C14H16N6S. The van der Waals surface area contributed by atoms with Crippen LogP contribution in [0.15, 0.2) is 34.7 Å². The molecule has 0 radical (unpaired) electrons. The topological polar surface area (TPSA) is 92.5 Å². The molecular weight excluding hydrogens is 284 g/mol. The largest absolute Gasteiger partial charge is 0.333 e. The van der Waals surface area contributed by atoms with Gasteiger partial charge in [-0.05, 0) is 42.8 Å². The molecule has 2 heterocycles. The average molecular weight is 300 g/mol. The summed E-state index contributed by atoms with van der Waals surface area (Å²) < 4.78 is 0. The Balaban J connectivity index is 1.98. The Morgan fingerprint density at radius 3 is 2.95 bits per heavy atom. The van der Waals surface area contributed by atoms with Crippen molar-refractivity contribution in [2.75, 3.05) is 5.43 Å². The zero-order valence-corrected chi connectivity index (χ0v) is 12.7. The summed E-state index contributed by atoms with van der Waals surface area (Å²) in [6.45, 7) is 4.11. The standard InChI is InChI=1S/C14H16N6S/c1-3-9-12(20-15)16-7-17-13(9)21-14-18-10-5-4-8(2)6-11(10)19-14/h4-7H,3,15H2,1-2H3,(H,18,19)(H,16,17,20). The van der Waals surface area contributed by atoms with E-state index in [0.717, 1.165) is 33.2 Å². The van der Waals surface area contributed by atoms with E-state index in [1.807, 2.05) is 13.0 Å². The van der Waals surface area contributed by atoms with E-state index in [4.69, 9.17) is 5.84 Å². The van der Waals surface area contributed by atoms with Crippen LogP contribution in [-0.2, 0) is 6.42 Å². The number of benzene rings is 1. The Hall–Kier alpha value is -2.12. The van der Waals surface area contributed by atoms with E-state index in [0.29, 0.717) is 5.82 Å². The van der Waals surface area contributed by atoms with Gasteiger partial charge in [-0.2, -0.15) is 0 Å². The summed E-state index contributed by atoms with van der Waals surface area (Å²) in [7, 11) is 0. The molecule has 1 aromatic carbocycles. The van der Waals surface area contributed by atoms with Crippen molar-refractivity contribution >= 4 is 28.6 Å². The third-order valence-corrected chi connectivity index (χ3v) is 4.14. The molecule has 0 aliphatic carbocycles. The number of nitrogens with two attached hydrogens (primary N) is 1. The lowest BCUT2D eigenvalue weighted by atomic mass is 10.2. The van der Waals surface area contributed by atoms with Crippen molar-refractivity contribution in [3.63, 3.8) is 0 Å². The van der Waals surface area contributed by atoms with E-state index < -0.39 is 0 Å². The van der Waals surface area contributed by atoms with Gasteiger partial charge in [0.15, 0.2) is 5.16 Å². The van der Waals surface area contributed by atoms with Gasteiger partial charge in [0.05, 0.1) is 11.0 Å². The molecule has 6 nitrogen and oxygen atoms in total. The third-order valence-electron chi connectivity index (χ3n) is 3.21. The second kappa shape index (κ2) is 5.71. The van der Waals surface area contributed by atoms with Crippen LogP contribution >= 0.6 is 11.8 Å². The van der Waals surface area contributed by atoms with Crippen LogP contribution in [0.25, 0.3) is 11.0 Å². The number of aryl methyl sites for hydroxylation is 1. The van der Waals surface area contributed by atoms with E-state index >= 15 is 0 Å². The van der Waals surface area contributed by atoms with Gasteiger partial charge in [0.2, 0.25) is 0 Å². The van der Waals surface area contributed by atoms with Crippen LogP contribution in [0.1, 0.15) is 18.1 Å². The van der Waals surface area contributed by atoms with Crippen LogP contribution in [0, 0.1) is 6.92 Å². The Morgan fingerprint density at radius 1 is 1.33 bits per heavy atom. The van der Waals surface area contributed by atoms with Crippen molar-refractivity contribution in [2.45, 2.75) is 30.5 Å². The molecule has 0 aliphatic heterocycles. The fourth-order valence-corrected chi connectivity index (χ4v) is 3.12. The number of anilines is 1. The minimum absolute atomic E-state index is 0.655. The summed E-state index contributed by atoms with van der Waals surface area (Å²) >= 11 is 1.49. The van der Waals surface area contributed by atoms with E-state index in [1.165, 1.54) is 23.7 Å². The molecule has 0 fully saturated rings. The monoisotopic (exact) mass is 300 g/mol. The zero-order valence-electron chi connectivity index (χ0n) is 11.8. The fourth-order valence-electron chi connectivity index (χ4n) is 2.17. The van der Waals surface area contributed by atoms with E-state index in [9.17, 15) is 0 Å². The molecule has 0 spiro atoms. The predicted octanol–water partition coefficient (Wildman–Crippen LogP) is 2.66. The van der Waals surface area contributed by atoms with Crippen molar-refractivity contribution in [1.82, 2.24) is 19.9 Å². The van der Waals surface area contributed by atoms with Crippen molar-refractivity contribution in [1.29, 1.82) is 0 Å². The van der Waals surface area contributed by atoms with Gasteiger partial charge in [0, 0.05) is 5.56 Å². The van der Waals surface area contributed by atoms with Gasteiger partial charge in [-0.25, -0.2) is 20.8 Å². The normalized spacial score (nSPS) is 11.0. The maximum atomic E-state index is 5.49. The van der Waals surface area contributed by atoms with E-state index in [-0.39, 0.29) is 0 Å². The number of rotatable bonds is 4. The summed E-state index contributed by atoms with van der Waals surface area (Å²) in [4.78, 5) is 16.4. The number of H-pyrrole nitrogens is 1. The molecule has 0 bridgehead atoms. The van der Waals surface area contributed by atoms with Gasteiger partial charge in [-0.3, -0.25) is 0 Å². The molecule has 0 amide bonds. The maximum absolute atomic E-state index is 5.49. The number of nitrogens with zero attached hydrogens (tertiary/aromatic N) is 3. The first-order chi connectivity index (χ1) is 10.2. The van der Waals surface area contributed by atoms with Crippen molar-refractivity contribution in [3.8, 4) is 0 Å². The zero-order chi connectivity index (χ0) is 14.8. The molecule has 108 valence electrons. The quantitative estimate of drug-likeness (QED) is 0.390. The summed E-state index contributed by atoms with van der Waals surface area (Å²) in [5.41, 5.74) is 6.78. The SMILES string of the molecule is CCc1c(NN)ncnc1Sc1nc2ccc(C)cc2[nH]1.